The van der Waals surface area contributed by atoms with Crippen LogP contribution in [0.25, 0.3) is 0 Å². The van der Waals surface area contributed by atoms with Crippen molar-refractivity contribution in [2.75, 3.05) is 13.7 Å². The van der Waals surface area contributed by atoms with E-state index in [1.54, 1.807) is 7.11 Å². The molecule has 20 heavy (non-hydrogen) atoms. The lowest BCUT2D eigenvalue weighted by atomic mass is 9.91. The molecule has 0 aliphatic rings. The number of rotatable bonds is 5. The lowest BCUT2D eigenvalue weighted by molar-refractivity contribution is 0.408. The van der Waals surface area contributed by atoms with Crippen molar-refractivity contribution >= 4 is 23.2 Å². The van der Waals surface area contributed by atoms with Gasteiger partial charge < -0.3 is 10.5 Å². The second-order valence-corrected chi connectivity index (χ2v) is 5.52. The number of hydrogen-bond acceptors (Lipinski definition) is 2. The van der Waals surface area contributed by atoms with Crippen LogP contribution in [0.2, 0.25) is 10.0 Å². The summed E-state index contributed by atoms with van der Waals surface area (Å²) in [5, 5.41) is 1.42. The smallest absolute Gasteiger partial charge is 0.122 e. The van der Waals surface area contributed by atoms with Crippen molar-refractivity contribution in [2.24, 2.45) is 5.73 Å². The molecular formula is C16H17Cl2NO. The molecule has 2 aromatic carbocycles. The summed E-state index contributed by atoms with van der Waals surface area (Å²) >= 11 is 12.1. The van der Waals surface area contributed by atoms with E-state index in [-0.39, 0.29) is 5.92 Å². The molecule has 0 bridgehead atoms. The van der Waals surface area contributed by atoms with Gasteiger partial charge in [-0.05, 0) is 54.4 Å². The second-order valence-electron chi connectivity index (χ2n) is 4.65. The largest absolute Gasteiger partial charge is 0.496 e. The Morgan fingerprint density at radius 3 is 2.50 bits per heavy atom. The Bertz CT molecular complexity index is 586. The summed E-state index contributed by atoms with van der Waals surface area (Å²) in [4.78, 5) is 0. The zero-order valence-corrected chi connectivity index (χ0v) is 12.8. The van der Waals surface area contributed by atoms with Gasteiger partial charge in [0.05, 0.1) is 7.11 Å². The maximum absolute atomic E-state index is 6.06. The van der Waals surface area contributed by atoms with Crippen LogP contribution in [0.5, 0.6) is 5.75 Å². The van der Waals surface area contributed by atoms with Crippen LogP contribution in [0, 0.1) is 0 Å². The number of methoxy groups -OCH3 is 1. The van der Waals surface area contributed by atoms with E-state index in [4.69, 9.17) is 33.7 Å². The highest BCUT2D eigenvalue weighted by atomic mass is 35.5. The fourth-order valence-electron chi connectivity index (χ4n) is 2.27. The maximum atomic E-state index is 6.06. The van der Waals surface area contributed by atoms with E-state index in [9.17, 15) is 0 Å². The highest BCUT2D eigenvalue weighted by molar-refractivity contribution is 6.31. The first-order valence-electron chi connectivity index (χ1n) is 6.42. The van der Waals surface area contributed by atoms with Crippen LogP contribution in [-0.2, 0) is 6.42 Å². The van der Waals surface area contributed by atoms with E-state index in [1.807, 2.05) is 42.5 Å². The van der Waals surface area contributed by atoms with Gasteiger partial charge in [-0.1, -0.05) is 35.3 Å². The zero-order valence-electron chi connectivity index (χ0n) is 11.3. The van der Waals surface area contributed by atoms with Crippen LogP contribution in [0.3, 0.4) is 0 Å². The van der Waals surface area contributed by atoms with Gasteiger partial charge in [-0.2, -0.15) is 0 Å². The normalized spacial score (nSPS) is 12.2. The van der Waals surface area contributed by atoms with E-state index in [2.05, 4.69) is 0 Å². The Labute approximate surface area is 129 Å². The summed E-state index contributed by atoms with van der Waals surface area (Å²) in [6, 6.07) is 13.4. The summed E-state index contributed by atoms with van der Waals surface area (Å²) in [6.45, 7) is 0.538. The lowest BCUT2D eigenvalue weighted by Crippen LogP contribution is -2.15. The average Bonchev–Trinajstić information content (AvgIpc) is 2.45. The molecule has 4 heteroatoms. The molecule has 0 aromatic heterocycles. The van der Waals surface area contributed by atoms with Crippen molar-refractivity contribution in [1.29, 1.82) is 0 Å². The van der Waals surface area contributed by atoms with Crippen LogP contribution in [-0.4, -0.2) is 13.7 Å². The molecule has 1 unspecified atom stereocenters. The van der Waals surface area contributed by atoms with Gasteiger partial charge in [0.1, 0.15) is 5.75 Å². The van der Waals surface area contributed by atoms with Gasteiger partial charge in [-0.25, -0.2) is 0 Å². The van der Waals surface area contributed by atoms with Gasteiger partial charge in [-0.3, -0.25) is 0 Å². The Morgan fingerprint density at radius 2 is 1.85 bits per heavy atom. The monoisotopic (exact) mass is 309 g/mol. The molecule has 0 radical (unpaired) electrons. The van der Waals surface area contributed by atoms with Crippen molar-refractivity contribution in [3.05, 3.63) is 63.6 Å². The van der Waals surface area contributed by atoms with Gasteiger partial charge in [0.25, 0.3) is 0 Å². The van der Waals surface area contributed by atoms with Gasteiger partial charge in [0.15, 0.2) is 0 Å². The SMILES string of the molecule is COc1ccc(Cl)cc1CC(CN)c1cccc(Cl)c1. The molecule has 2 aromatic rings. The molecule has 0 amide bonds. The highest BCUT2D eigenvalue weighted by Gasteiger charge is 2.14. The van der Waals surface area contributed by atoms with Crippen LogP contribution in [0.4, 0.5) is 0 Å². The fourth-order valence-corrected chi connectivity index (χ4v) is 2.66. The molecule has 0 aliphatic heterocycles. The third-order valence-corrected chi connectivity index (χ3v) is 3.78. The van der Waals surface area contributed by atoms with Gasteiger partial charge >= 0.3 is 0 Å². The molecule has 2 N–H and O–H groups in total. The van der Waals surface area contributed by atoms with E-state index < -0.39 is 0 Å². The first-order chi connectivity index (χ1) is 9.63. The first-order valence-corrected chi connectivity index (χ1v) is 7.17. The van der Waals surface area contributed by atoms with Crippen molar-refractivity contribution in [2.45, 2.75) is 12.3 Å². The molecule has 2 nitrogen and oxygen atoms in total. The molecule has 0 saturated heterocycles. The van der Waals surface area contributed by atoms with E-state index in [1.165, 1.54) is 0 Å². The lowest BCUT2D eigenvalue weighted by Gasteiger charge is -2.17. The molecule has 0 fully saturated rings. The summed E-state index contributed by atoms with van der Waals surface area (Å²) in [5.74, 6) is 1.01. The first kappa shape index (κ1) is 15.2. The highest BCUT2D eigenvalue weighted by Crippen LogP contribution is 2.29. The molecule has 0 saturated carbocycles. The van der Waals surface area contributed by atoms with Gasteiger partial charge in [0.2, 0.25) is 0 Å². The Morgan fingerprint density at radius 1 is 1.10 bits per heavy atom. The van der Waals surface area contributed by atoms with Crippen LogP contribution in [0.15, 0.2) is 42.5 Å². The van der Waals surface area contributed by atoms with Crippen molar-refractivity contribution < 1.29 is 4.74 Å². The van der Waals surface area contributed by atoms with E-state index in [0.717, 1.165) is 28.3 Å². The van der Waals surface area contributed by atoms with Crippen LogP contribution in [0.1, 0.15) is 17.0 Å². The molecule has 2 rings (SSSR count). The number of ether oxygens (including phenoxy) is 1. The Hall–Kier alpha value is -1.22. The number of hydrogen-bond donors (Lipinski definition) is 1. The number of nitrogens with two attached hydrogens (primary N) is 1. The molecular weight excluding hydrogens is 293 g/mol. The Kier molecular flexibility index (Phi) is 5.30. The minimum absolute atomic E-state index is 0.182. The average molecular weight is 310 g/mol. The maximum Gasteiger partial charge on any atom is 0.122 e. The van der Waals surface area contributed by atoms with Crippen LogP contribution >= 0.6 is 23.2 Å². The number of benzene rings is 2. The van der Waals surface area contributed by atoms with Gasteiger partial charge in [0, 0.05) is 16.0 Å². The summed E-state index contributed by atoms with van der Waals surface area (Å²) < 4.78 is 5.38. The zero-order chi connectivity index (χ0) is 14.5. The topological polar surface area (TPSA) is 35.2 Å². The number of halogens is 2. The third-order valence-electron chi connectivity index (χ3n) is 3.31. The molecule has 0 heterocycles. The van der Waals surface area contributed by atoms with E-state index in [0.29, 0.717) is 11.6 Å². The predicted octanol–water partition coefficient (Wildman–Crippen LogP) is 4.29. The Balaban J connectivity index is 2.28. The molecule has 1 atom stereocenters. The fraction of sp³-hybridized carbons (Fsp3) is 0.250. The molecule has 0 spiro atoms. The van der Waals surface area contributed by atoms with Crippen LogP contribution < -0.4 is 10.5 Å². The van der Waals surface area contributed by atoms with Crippen molar-refractivity contribution in [3.63, 3.8) is 0 Å². The standard InChI is InChI=1S/C16H17Cl2NO/c1-20-16-6-5-15(18)9-12(16)7-13(10-19)11-3-2-4-14(17)8-11/h2-6,8-9,13H,7,10,19H2,1H3. The van der Waals surface area contributed by atoms with Crippen molar-refractivity contribution in [1.82, 2.24) is 0 Å². The summed E-state index contributed by atoms with van der Waals surface area (Å²) in [6.07, 6.45) is 0.764. The third kappa shape index (κ3) is 3.66. The summed E-state index contributed by atoms with van der Waals surface area (Å²) in [7, 11) is 1.66. The van der Waals surface area contributed by atoms with E-state index >= 15 is 0 Å². The summed E-state index contributed by atoms with van der Waals surface area (Å²) in [5.41, 5.74) is 8.09. The quantitative estimate of drug-likeness (QED) is 0.894. The predicted molar refractivity (Wildman–Crippen MR) is 85.0 cm³/mol. The molecule has 106 valence electrons. The minimum atomic E-state index is 0.182. The van der Waals surface area contributed by atoms with Crippen molar-refractivity contribution in [3.8, 4) is 5.75 Å². The molecule has 0 aliphatic carbocycles. The van der Waals surface area contributed by atoms with Gasteiger partial charge in [-0.15, -0.1) is 0 Å². The minimum Gasteiger partial charge on any atom is -0.496 e. The second kappa shape index (κ2) is 6.98.